The van der Waals surface area contributed by atoms with Gasteiger partial charge in [-0.25, -0.2) is 0 Å². The van der Waals surface area contributed by atoms with E-state index >= 15 is 0 Å². The molecule has 1 fully saturated rings. The van der Waals surface area contributed by atoms with Gasteiger partial charge in [0.05, 0.1) is 16.1 Å². The van der Waals surface area contributed by atoms with Gasteiger partial charge < -0.3 is 10.2 Å². The van der Waals surface area contributed by atoms with Crippen LogP contribution in [0.4, 0.5) is 0 Å². The third-order valence-electron chi connectivity index (χ3n) is 3.66. The van der Waals surface area contributed by atoms with Crippen LogP contribution >= 0.6 is 35.6 Å². The number of benzene rings is 1. The van der Waals surface area contributed by atoms with Crippen LogP contribution in [0.2, 0.25) is 10.0 Å². The highest BCUT2D eigenvalue weighted by atomic mass is 35.5. The van der Waals surface area contributed by atoms with Crippen molar-refractivity contribution in [3.8, 4) is 0 Å². The molecule has 1 aliphatic rings. The molecular formula is C15H21Cl3N2O. The molecule has 3 nitrogen and oxygen atoms in total. The zero-order valence-corrected chi connectivity index (χ0v) is 14.4. The second-order valence-electron chi connectivity index (χ2n) is 5.10. The lowest BCUT2D eigenvalue weighted by molar-refractivity contribution is -0.134. The fourth-order valence-electron chi connectivity index (χ4n) is 2.49. The van der Waals surface area contributed by atoms with Crippen molar-refractivity contribution in [1.82, 2.24) is 10.2 Å². The van der Waals surface area contributed by atoms with Gasteiger partial charge in [0.1, 0.15) is 0 Å². The number of rotatable bonds is 4. The number of likely N-dealkylation sites (N-methyl/N-ethyl adjacent to an activating group) is 1. The van der Waals surface area contributed by atoms with Crippen LogP contribution in [0.1, 0.15) is 31.7 Å². The summed E-state index contributed by atoms with van der Waals surface area (Å²) in [5.41, 5.74) is 1.01. The maximum atomic E-state index is 12.5. The van der Waals surface area contributed by atoms with Gasteiger partial charge in [-0.2, -0.15) is 0 Å². The van der Waals surface area contributed by atoms with Gasteiger partial charge in [0.2, 0.25) is 5.91 Å². The molecule has 0 aromatic heterocycles. The summed E-state index contributed by atoms with van der Waals surface area (Å²) in [7, 11) is 0. The molecule has 21 heavy (non-hydrogen) atoms. The molecule has 0 aliphatic carbocycles. The normalized spacial score (nSPS) is 18.0. The predicted molar refractivity (Wildman–Crippen MR) is 90.4 cm³/mol. The Balaban J connectivity index is 0.00000220. The Hall–Kier alpha value is -0.480. The SMILES string of the molecule is CCN(Cc1ccc(Cl)c(Cl)c1)C(=O)[C@@H]1CCCCN1.Cl. The molecule has 1 aliphatic heterocycles. The Labute approximate surface area is 142 Å². The molecular weight excluding hydrogens is 331 g/mol. The highest BCUT2D eigenvalue weighted by molar-refractivity contribution is 6.42. The van der Waals surface area contributed by atoms with Crippen molar-refractivity contribution in [2.24, 2.45) is 0 Å². The van der Waals surface area contributed by atoms with E-state index in [1.54, 1.807) is 6.07 Å². The minimum absolute atomic E-state index is 0. The average molecular weight is 352 g/mol. The van der Waals surface area contributed by atoms with Crippen LogP contribution in [0.5, 0.6) is 0 Å². The summed E-state index contributed by atoms with van der Waals surface area (Å²) in [6, 6.07) is 5.48. The van der Waals surface area contributed by atoms with Crippen molar-refractivity contribution in [2.75, 3.05) is 13.1 Å². The molecule has 1 saturated heterocycles. The second-order valence-corrected chi connectivity index (χ2v) is 5.92. The van der Waals surface area contributed by atoms with E-state index in [4.69, 9.17) is 23.2 Å². The largest absolute Gasteiger partial charge is 0.337 e. The first-order chi connectivity index (χ1) is 9.61. The van der Waals surface area contributed by atoms with E-state index in [9.17, 15) is 4.79 Å². The van der Waals surface area contributed by atoms with Crippen molar-refractivity contribution >= 4 is 41.5 Å². The molecule has 6 heteroatoms. The van der Waals surface area contributed by atoms with Crippen LogP contribution in [-0.4, -0.2) is 29.9 Å². The number of amides is 1. The van der Waals surface area contributed by atoms with Crippen molar-refractivity contribution < 1.29 is 4.79 Å². The molecule has 1 atom stereocenters. The third-order valence-corrected chi connectivity index (χ3v) is 4.40. The third kappa shape index (κ3) is 5.03. The van der Waals surface area contributed by atoms with Crippen LogP contribution in [0, 0.1) is 0 Å². The van der Waals surface area contributed by atoms with Gasteiger partial charge in [0, 0.05) is 13.1 Å². The van der Waals surface area contributed by atoms with Crippen LogP contribution < -0.4 is 5.32 Å². The standard InChI is InChI=1S/C15H20Cl2N2O.ClH/c1-2-19(15(20)14-5-3-4-8-18-14)10-11-6-7-12(16)13(17)9-11;/h6-7,9,14,18H,2-5,8,10H2,1H3;1H/t14-;/m0./s1. The van der Waals surface area contributed by atoms with Gasteiger partial charge in [-0.05, 0) is 44.0 Å². The zero-order valence-electron chi connectivity index (χ0n) is 12.1. The first-order valence-corrected chi connectivity index (χ1v) is 7.83. The highest BCUT2D eigenvalue weighted by Gasteiger charge is 2.24. The number of carbonyl (C=O) groups is 1. The summed E-state index contributed by atoms with van der Waals surface area (Å²) < 4.78 is 0. The molecule has 2 rings (SSSR count). The molecule has 0 bridgehead atoms. The molecule has 1 aromatic carbocycles. The minimum Gasteiger partial charge on any atom is -0.337 e. The maximum absolute atomic E-state index is 12.5. The lowest BCUT2D eigenvalue weighted by Gasteiger charge is -2.29. The minimum atomic E-state index is -0.0357. The first-order valence-electron chi connectivity index (χ1n) is 7.08. The van der Waals surface area contributed by atoms with E-state index in [0.29, 0.717) is 23.1 Å². The quantitative estimate of drug-likeness (QED) is 0.892. The van der Waals surface area contributed by atoms with Crippen LogP contribution in [0.3, 0.4) is 0 Å². The number of piperidine rings is 1. The molecule has 0 saturated carbocycles. The summed E-state index contributed by atoms with van der Waals surface area (Å²) in [5.74, 6) is 0.179. The van der Waals surface area contributed by atoms with Crippen molar-refractivity contribution in [3.05, 3.63) is 33.8 Å². The van der Waals surface area contributed by atoms with Gasteiger partial charge in [-0.1, -0.05) is 35.7 Å². The summed E-state index contributed by atoms with van der Waals surface area (Å²) >= 11 is 11.9. The Morgan fingerprint density at radius 3 is 2.67 bits per heavy atom. The molecule has 118 valence electrons. The lowest BCUT2D eigenvalue weighted by atomic mass is 10.0. The van der Waals surface area contributed by atoms with Gasteiger partial charge in [-0.15, -0.1) is 12.4 Å². The fourth-order valence-corrected chi connectivity index (χ4v) is 2.81. The van der Waals surface area contributed by atoms with Crippen molar-refractivity contribution in [2.45, 2.75) is 38.8 Å². The smallest absolute Gasteiger partial charge is 0.239 e. The zero-order chi connectivity index (χ0) is 14.5. The van der Waals surface area contributed by atoms with E-state index < -0.39 is 0 Å². The van der Waals surface area contributed by atoms with Crippen LogP contribution in [0.15, 0.2) is 18.2 Å². The van der Waals surface area contributed by atoms with Gasteiger partial charge in [0.15, 0.2) is 0 Å². The lowest BCUT2D eigenvalue weighted by Crippen LogP contribution is -2.48. The Bertz CT molecular complexity index is 476. The molecule has 1 amide bonds. The van der Waals surface area contributed by atoms with Crippen molar-refractivity contribution in [3.63, 3.8) is 0 Å². The topological polar surface area (TPSA) is 32.3 Å². The summed E-state index contributed by atoms with van der Waals surface area (Å²) in [6.07, 6.45) is 3.20. The molecule has 1 aromatic rings. The highest BCUT2D eigenvalue weighted by Crippen LogP contribution is 2.23. The molecule has 0 unspecified atom stereocenters. The fraction of sp³-hybridized carbons (Fsp3) is 0.533. The number of nitrogens with zero attached hydrogens (tertiary/aromatic N) is 1. The van der Waals surface area contributed by atoms with Gasteiger partial charge >= 0.3 is 0 Å². The monoisotopic (exact) mass is 350 g/mol. The van der Waals surface area contributed by atoms with E-state index in [-0.39, 0.29) is 24.4 Å². The summed E-state index contributed by atoms with van der Waals surface area (Å²) in [6.45, 7) is 4.20. The van der Waals surface area contributed by atoms with E-state index in [1.807, 2.05) is 24.0 Å². The Morgan fingerprint density at radius 2 is 2.10 bits per heavy atom. The molecule has 0 radical (unpaired) electrons. The number of hydrogen-bond donors (Lipinski definition) is 1. The molecule has 1 heterocycles. The summed E-state index contributed by atoms with van der Waals surface area (Å²) in [5, 5.41) is 4.37. The molecule has 0 spiro atoms. The van der Waals surface area contributed by atoms with Crippen LogP contribution in [0.25, 0.3) is 0 Å². The van der Waals surface area contributed by atoms with E-state index in [2.05, 4.69) is 5.32 Å². The first kappa shape index (κ1) is 18.6. The number of nitrogens with one attached hydrogen (secondary N) is 1. The number of hydrogen-bond acceptors (Lipinski definition) is 2. The second kappa shape index (κ2) is 8.84. The van der Waals surface area contributed by atoms with Crippen molar-refractivity contribution in [1.29, 1.82) is 0 Å². The van der Waals surface area contributed by atoms with Gasteiger partial charge in [0.25, 0.3) is 0 Å². The molecule has 1 N–H and O–H groups in total. The Kier molecular flexibility index (Phi) is 7.82. The van der Waals surface area contributed by atoms with E-state index in [1.165, 1.54) is 0 Å². The van der Waals surface area contributed by atoms with E-state index in [0.717, 1.165) is 31.4 Å². The average Bonchev–Trinajstić information content (AvgIpc) is 2.48. The Morgan fingerprint density at radius 1 is 1.33 bits per heavy atom. The maximum Gasteiger partial charge on any atom is 0.239 e. The predicted octanol–water partition coefficient (Wildman–Crippen LogP) is 3.91. The number of halogens is 3. The number of carbonyl (C=O) groups excluding carboxylic acids is 1. The summed E-state index contributed by atoms with van der Waals surface area (Å²) in [4.78, 5) is 14.4. The van der Waals surface area contributed by atoms with Gasteiger partial charge in [-0.3, -0.25) is 4.79 Å². The van der Waals surface area contributed by atoms with Crippen LogP contribution in [-0.2, 0) is 11.3 Å².